The minimum Gasteiger partial charge on any atom is -0.275 e. The van der Waals surface area contributed by atoms with Crippen molar-refractivity contribution in [3.05, 3.63) is 24.0 Å². The number of rotatable bonds is 2. The van der Waals surface area contributed by atoms with Gasteiger partial charge in [0.05, 0.1) is 6.20 Å². The lowest BCUT2D eigenvalue weighted by Gasteiger charge is -2.19. The van der Waals surface area contributed by atoms with Crippen molar-refractivity contribution >= 4 is 5.57 Å². The van der Waals surface area contributed by atoms with Gasteiger partial charge in [0.15, 0.2) is 0 Å². The van der Waals surface area contributed by atoms with E-state index in [-0.39, 0.29) is 0 Å². The fraction of sp³-hybridized carbons (Fsp3) is 0.583. The number of hydrogen-bond donors (Lipinski definition) is 0. The van der Waals surface area contributed by atoms with Crippen molar-refractivity contribution in [2.24, 2.45) is 13.0 Å². The van der Waals surface area contributed by atoms with Crippen molar-refractivity contribution in [2.75, 3.05) is 0 Å². The molecule has 0 amide bonds. The smallest absolute Gasteiger partial charge is 0.0564 e. The molecule has 0 bridgehead atoms. The van der Waals surface area contributed by atoms with Crippen molar-refractivity contribution in [1.82, 2.24) is 9.78 Å². The molecule has 1 atom stereocenters. The predicted molar refractivity (Wildman–Crippen MR) is 58.8 cm³/mol. The molecule has 2 heteroatoms. The van der Waals surface area contributed by atoms with Gasteiger partial charge in [0.2, 0.25) is 0 Å². The summed E-state index contributed by atoms with van der Waals surface area (Å²) >= 11 is 0. The summed E-state index contributed by atoms with van der Waals surface area (Å²) < 4.78 is 1.88. The average Bonchev–Trinajstić information content (AvgIpc) is 2.65. The average molecular weight is 190 g/mol. The third kappa shape index (κ3) is 1.89. The van der Waals surface area contributed by atoms with Crippen LogP contribution in [0, 0.1) is 5.92 Å². The number of aromatic nitrogens is 2. The molecule has 14 heavy (non-hydrogen) atoms. The van der Waals surface area contributed by atoms with Crippen LogP contribution in [-0.4, -0.2) is 9.78 Å². The maximum absolute atomic E-state index is 4.21. The van der Waals surface area contributed by atoms with Gasteiger partial charge in [-0.2, -0.15) is 5.10 Å². The van der Waals surface area contributed by atoms with Crippen molar-refractivity contribution in [1.29, 1.82) is 0 Å². The normalized spacial score (nSPS) is 22.1. The second-order valence-electron chi connectivity index (χ2n) is 4.18. The van der Waals surface area contributed by atoms with Crippen molar-refractivity contribution in [3.63, 3.8) is 0 Å². The molecule has 1 unspecified atom stereocenters. The van der Waals surface area contributed by atoms with Gasteiger partial charge in [-0.25, -0.2) is 0 Å². The Morgan fingerprint density at radius 2 is 2.43 bits per heavy atom. The zero-order valence-corrected chi connectivity index (χ0v) is 9.03. The quantitative estimate of drug-likeness (QED) is 0.701. The third-order valence-electron chi connectivity index (χ3n) is 3.17. The monoisotopic (exact) mass is 190 g/mol. The number of hydrogen-bond acceptors (Lipinski definition) is 1. The standard InChI is InChI=1S/C12H18N2/c1-3-10-4-6-11(7-5-10)12-8-13-14(2)9-12/h6,8-10H,3-5,7H2,1-2H3. The van der Waals surface area contributed by atoms with E-state index in [0.29, 0.717) is 0 Å². The maximum atomic E-state index is 4.21. The number of allylic oxidation sites excluding steroid dienone is 2. The van der Waals surface area contributed by atoms with Gasteiger partial charge < -0.3 is 0 Å². The molecule has 1 aliphatic rings. The van der Waals surface area contributed by atoms with Crippen LogP contribution in [0.2, 0.25) is 0 Å². The first-order valence-electron chi connectivity index (χ1n) is 5.47. The van der Waals surface area contributed by atoms with E-state index >= 15 is 0 Å². The molecule has 2 rings (SSSR count). The van der Waals surface area contributed by atoms with Crippen LogP contribution in [0.25, 0.3) is 5.57 Å². The summed E-state index contributed by atoms with van der Waals surface area (Å²) in [6.07, 6.45) is 11.6. The Bertz CT molecular complexity index is 336. The summed E-state index contributed by atoms with van der Waals surface area (Å²) in [7, 11) is 1.97. The molecule has 0 spiro atoms. The van der Waals surface area contributed by atoms with E-state index in [9.17, 15) is 0 Å². The highest BCUT2D eigenvalue weighted by Gasteiger charge is 2.14. The van der Waals surface area contributed by atoms with E-state index in [1.165, 1.54) is 36.8 Å². The summed E-state index contributed by atoms with van der Waals surface area (Å²) in [5, 5.41) is 4.21. The lowest BCUT2D eigenvalue weighted by molar-refractivity contribution is 0.471. The highest BCUT2D eigenvalue weighted by molar-refractivity contribution is 5.65. The highest BCUT2D eigenvalue weighted by Crippen LogP contribution is 2.31. The second kappa shape index (κ2) is 3.99. The molecular weight excluding hydrogens is 172 g/mol. The molecular formula is C12H18N2. The predicted octanol–water partition coefficient (Wildman–Crippen LogP) is 3.01. The van der Waals surface area contributed by atoms with Gasteiger partial charge in [0.1, 0.15) is 0 Å². The Kier molecular flexibility index (Phi) is 2.71. The zero-order valence-electron chi connectivity index (χ0n) is 9.03. The van der Waals surface area contributed by atoms with Gasteiger partial charge in [-0.05, 0) is 30.8 Å². The minimum absolute atomic E-state index is 0.912. The van der Waals surface area contributed by atoms with Crippen LogP contribution in [0.4, 0.5) is 0 Å². The molecule has 0 fully saturated rings. The van der Waals surface area contributed by atoms with Crippen molar-refractivity contribution in [3.8, 4) is 0 Å². The molecule has 0 saturated heterocycles. The summed E-state index contributed by atoms with van der Waals surface area (Å²) in [5.74, 6) is 0.912. The molecule has 0 saturated carbocycles. The molecule has 0 aliphatic heterocycles. The highest BCUT2D eigenvalue weighted by atomic mass is 15.2. The fourth-order valence-electron chi connectivity index (χ4n) is 2.11. The van der Waals surface area contributed by atoms with E-state index in [1.54, 1.807) is 0 Å². The maximum Gasteiger partial charge on any atom is 0.0564 e. The molecule has 76 valence electrons. The molecule has 0 aromatic carbocycles. The topological polar surface area (TPSA) is 17.8 Å². The van der Waals surface area contributed by atoms with Gasteiger partial charge in [-0.3, -0.25) is 4.68 Å². The minimum atomic E-state index is 0.912. The molecule has 1 aromatic heterocycles. The van der Waals surface area contributed by atoms with E-state index in [0.717, 1.165) is 5.92 Å². The lowest BCUT2D eigenvalue weighted by atomic mass is 9.86. The van der Waals surface area contributed by atoms with Crippen molar-refractivity contribution in [2.45, 2.75) is 32.6 Å². The largest absolute Gasteiger partial charge is 0.275 e. The first-order chi connectivity index (χ1) is 6.79. The fourth-order valence-corrected chi connectivity index (χ4v) is 2.11. The number of aryl methyl sites for hydroxylation is 1. The van der Waals surface area contributed by atoms with Gasteiger partial charge in [-0.15, -0.1) is 0 Å². The van der Waals surface area contributed by atoms with Crippen LogP contribution in [0.1, 0.15) is 38.2 Å². The van der Waals surface area contributed by atoms with Crippen LogP contribution < -0.4 is 0 Å². The molecule has 1 aliphatic carbocycles. The molecule has 2 nitrogen and oxygen atoms in total. The molecule has 0 radical (unpaired) electrons. The Morgan fingerprint density at radius 1 is 1.57 bits per heavy atom. The van der Waals surface area contributed by atoms with Gasteiger partial charge in [0, 0.05) is 18.8 Å². The summed E-state index contributed by atoms with van der Waals surface area (Å²) in [6.45, 7) is 2.29. The van der Waals surface area contributed by atoms with E-state index in [4.69, 9.17) is 0 Å². The SMILES string of the molecule is CCC1CC=C(c2cnn(C)c2)CC1. The Hall–Kier alpha value is -1.05. The lowest BCUT2D eigenvalue weighted by Crippen LogP contribution is -2.03. The molecule has 0 N–H and O–H groups in total. The number of nitrogens with zero attached hydrogens (tertiary/aromatic N) is 2. The van der Waals surface area contributed by atoms with Gasteiger partial charge >= 0.3 is 0 Å². The zero-order chi connectivity index (χ0) is 9.97. The molecule has 1 aromatic rings. The Morgan fingerprint density at radius 3 is 2.93 bits per heavy atom. The van der Waals surface area contributed by atoms with E-state index in [2.05, 4.69) is 24.3 Å². The summed E-state index contributed by atoms with van der Waals surface area (Å²) in [4.78, 5) is 0. The van der Waals surface area contributed by atoms with Crippen LogP contribution in [-0.2, 0) is 7.05 Å². The van der Waals surface area contributed by atoms with Crippen LogP contribution in [0.3, 0.4) is 0 Å². The Labute approximate surface area is 85.6 Å². The second-order valence-corrected chi connectivity index (χ2v) is 4.18. The van der Waals surface area contributed by atoms with Gasteiger partial charge in [-0.1, -0.05) is 19.4 Å². The molecule has 1 heterocycles. The van der Waals surface area contributed by atoms with Crippen LogP contribution >= 0.6 is 0 Å². The van der Waals surface area contributed by atoms with E-state index in [1.807, 2.05) is 17.9 Å². The Balaban J connectivity index is 2.10. The van der Waals surface area contributed by atoms with Crippen molar-refractivity contribution < 1.29 is 0 Å². The third-order valence-corrected chi connectivity index (χ3v) is 3.17. The van der Waals surface area contributed by atoms with E-state index < -0.39 is 0 Å². The van der Waals surface area contributed by atoms with Crippen LogP contribution in [0.5, 0.6) is 0 Å². The first kappa shape index (κ1) is 9.50. The summed E-state index contributed by atoms with van der Waals surface area (Å²) in [5.41, 5.74) is 2.80. The van der Waals surface area contributed by atoms with Crippen LogP contribution in [0.15, 0.2) is 18.5 Å². The van der Waals surface area contributed by atoms with Gasteiger partial charge in [0.25, 0.3) is 0 Å². The summed E-state index contributed by atoms with van der Waals surface area (Å²) in [6, 6.07) is 0. The first-order valence-corrected chi connectivity index (χ1v) is 5.47.